The Labute approximate surface area is 376 Å². The second-order valence-electron chi connectivity index (χ2n) is 16.0. The summed E-state index contributed by atoms with van der Waals surface area (Å²) >= 11 is 0. The molecule has 0 aromatic rings. The molecule has 5 unspecified atom stereocenters. The molecule has 1 aliphatic carbocycles. The predicted octanol–water partition coefficient (Wildman–Crippen LogP) is 5.45. The number of ether oxygens (including phenoxy) is 2. The lowest BCUT2D eigenvalue weighted by Crippen LogP contribution is -2.65. The lowest BCUT2D eigenvalue weighted by atomic mass is 9.85. The number of phosphoric ester groups is 4. The van der Waals surface area contributed by atoms with Crippen LogP contribution < -0.4 is 5.73 Å². The first kappa shape index (κ1) is 61.3. The minimum atomic E-state index is -5.78. The van der Waals surface area contributed by atoms with Crippen molar-refractivity contribution in [2.24, 2.45) is 5.73 Å². The molecule has 1 saturated carbocycles. The fraction of sp³-hybridized carbons (Fsp3) is 0.946. The number of aliphatic hydroxyl groups excluding tert-OH is 2. The third-order valence-electron chi connectivity index (χ3n) is 10.2. The Morgan fingerprint density at radius 1 is 0.484 bits per heavy atom. The van der Waals surface area contributed by atoms with Crippen LogP contribution in [0, 0.1) is 0 Å². The Hall–Kier alpha value is -0.740. The normalized spacial score (nSPS) is 22.2. The van der Waals surface area contributed by atoms with Gasteiger partial charge in [-0.25, -0.2) is 18.3 Å². The number of hydrogen-bond acceptors (Lipinski definition) is 16. The molecule has 27 heteroatoms. The van der Waals surface area contributed by atoms with Crippen LogP contribution in [-0.2, 0) is 59.9 Å². The number of phosphoric acid groups is 4. The van der Waals surface area contributed by atoms with E-state index in [9.17, 15) is 72.3 Å². The zero-order valence-corrected chi connectivity index (χ0v) is 40.4. The van der Waals surface area contributed by atoms with Gasteiger partial charge in [0.1, 0.15) is 43.2 Å². The summed E-state index contributed by atoms with van der Waals surface area (Å²) in [4.78, 5) is 92.5. The number of unbranched alkanes of at least 4 members (excludes halogenated alkanes) is 20. The number of hydrogen-bond donors (Lipinski definition) is 10. The SMILES string of the molecule is CCCCCCCCCCCCCCCC(=O)O[C@H](COC(=O)CCCCCCCCCCCN)COP(=O)(O)OC1C(O)C(OP(=O)(O)O)C(OP(=O)(O)O)C(OP(=O)(O)O)C1O. The highest BCUT2D eigenvalue weighted by atomic mass is 31.2. The average molecular weight is 1010 g/mol. The molecule has 64 heavy (non-hydrogen) atoms. The van der Waals surface area contributed by atoms with Gasteiger partial charge in [0.05, 0.1) is 6.61 Å². The Kier molecular flexibility index (Phi) is 31.5. The summed E-state index contributed by atoms with van der Waals surface area (Å²) in [5, 5.41) is 21.8. The maximum Gasteiger partial charge on any atom is 0.472 e. The van der Waals surface area contributed by atoms with Crippen LogP contribution in [0.4, 0.5) is 0 Å². The third kappa shape index (κ3) is 30.6. The van der Waals surface area contributed by atoms with Crippen LogP contribution in [0.3, 0.4) is 0 Å². The lowest BCUT2D eigenvalue weighted by molar-refractivity contribution is -0.209. The molecule has 1 aliphatic rings. The molecular formula is C37H75NO22P4. The van der Waals surface area contributed by atoms with E-state index in [1.54, 1.807) is 0 Å². The van der Waals surface area contributed by atoms with E-state index in [0.29, 0.717) is 19.4 Å². The largest absolute Gasteiger partial charge is 0.472 e. The standard InChI is InChI=1S/C37H75NO22P4/c1-2-3-4-5-6-7-8-9-10-12-16-19-22-25-31(40)56-29(27-54-30(39)24-21-18-15-13-11-14-17-20-23-26-38)28-55-64(52,53)60-34-32(41)35(57-61(43,44)45)37(59-63(49,50)51)36(33(34)42)58-62(46,47)48/h29,32-37,41-42H,2-28,38H2,1H3,(H,52,53)(H2,43,44,45)(H2,46,47,48)(H2,49,50,51)/t29-,32?,33?,34?,35?,36?,37?/m1/s1. The zero-order valence-electron chi connectivity index (χ0n) is 36.8. The molecule has 0 saturated heterocycles. The fourth-order valence-corrected chi connectivity index (χ4v) is 9.69. The van der Waals surface area contributed by atoms with E-state index in [1.807, 2.05) is 0 Å². The van der Waals surface area contributed by atoms with E-state index in [4.69, 9.17) is 24.3 Å². The number of nitrogens with two attached hydrogens (primary N) is 1. The average Bonchev–Trinajstić information content (AvgIpc) is 3.18. The summed E-state index contributed by atoms with van der Waals surface area (Å²) in [6, 6.07) is 0. The van der Waals surface area contributed by atoms with E-state index in [0.717, 1.165) is 83.5 Å². The van der Waals surface area contributed by atoms with Crippen molar-refractivity contribution in [3.63, 3.8) is 0 Å². The molecule has 0 aromatic carbocycles. The minimum absolute atomic E-state index is 0.0263. The Balaban J connectivity index is 2.96. The molecule has 0 aliphatic heterocycles. The van der Waals surface area contributed by atoms with E-state index < -0.39 is 99.2 Å². The van der Waals surface area contributed by atoms with Crippen molar-refractivity contribution in [1.82, 2.24) is 0 Å². The number of carbonyl (C=O) groups excluding carboxylic acids is 2. The second-order valence-corrected chi connectivity index (χ2v) is 21.0. The van der Waals surface area contributed by atoms with Crippen LogP contribution in [-0.4, -0.2) is 119 Å². The van der Waals surface area contributed by atoms with E-state index in [1.165, 1.54) is 44.9 Å². The van der Waals surface area contributed by atoms with Crippen molar-refractivity contribution in [1.29, 1.82) is 0 Å². The van der Waals surface area contributed by atoms with Gasteiger partial charge in [-0.2, -0.15) is 0 Å². The highest BCUT2D eigenvalue weighted by Crippen LogP contribution is 2.53. The first-order valence-corrected chi connectivity index (χ1v) is 28.4. The van der Waals surface area contributed by atoms with Crippen molar-refractivity contribution in [2.45, 2.75) is 204 Å². The molecule has 6 atom stereocenters. The molecule has 1 rings (SSSR count). The van der Waals surface area contributed by atoms with Crippen LogP contribution in [0.5, 0.6) is 0 Å². The van der Waals surface area contributed by atoms with Crippen molar-refractivity contribution in [3.05, 3.63) is 0 Å². The monoisotopic (exact) mass is 1010 g/mol. The molecule has 11 N–H and O–H groups in total. The Bertz CT molecular complexity index is 1440. The van der Waals surface area contributed by atoms with Crippen molar-refractivity contribution in [3.8, 4) is 0 Å². The highest BCUT2D eigenvalue weighted by Gasteiger charge is 2.59. The van der Waals surface area contributed by atoms with Crippen LogP contribution >= 0.6 is 31.3 Å². The van der Waals surface area contributed by atoms with E-state index in [-0.39, 0.29) is 12.8 Å². The van der Waals surface area contributed by atoms with Crippen LogP contribution in [0.2, 0.25) is 0 Å². The topological polar surface area (TPSA) is 375 Å². The van der Waals surface area contributed by atoms with Crippen molar-refractivity contribution in [2.75, 3.05) is 19.8 Å². The van der Waals surface area contributed by atoms with Gasteiger partial charge in [-0.1, -0.05) is 129 Å². The first-order chi connectivity index (χ1) is 30.0. The summed E-state index contributed by atoms with van der Waals surface area (Å²) in [5.41, 5.74) is 5.51. The molecule has 1 fully saturated rings. The Morgan fingerprint density at radius 2 is 0.844 bits per heavy atom. The molecular weight excluding hydrogens is 934 g/mol. The van der Waals surface area contributed by atoms with Crippen molar-refractivity contribution >= 4 is 43.2 Å². The van der Waals surface area contributed by atoms with Gasteiger partial charge in [0.2, 0.25) is 0 Å². The number of carbonyl (C=O) groups is 2. The lowest BCUT2D eigenvalue weighted by Gasteiger charge is -2.45. The molecule has 0 spiro atoms. The quantitative estimate of drug-likeness (QED) is 0.0208. The van der Waals surface area contributed by atoms with Gasteiger partial charge >= 0.3 is 43.2 Å². The minimum Gasteiger partial charge on any atom is -0.462 e. The van der Waals surface area contributed by atoms with Crippen LogP contribution in [0.1, 0.15) is 161 Å². The highest BCUT2D eigenvalue weighted by molar-refractivity contribution is 7.47. The number of aliphatic hydroxyl groups is 2. The van der Waals surface area contributed by atoms with Gasteiger partial charge in [-0.15, -0.1) is 0 Å². The third-order valence-corrected chi connectivity index (χ3v) is 12.8. The predicted molar refractivity (Wildman–Crippen MR) is 230 cm³/mol. The fourth-order valence-electron chi connectivity index (χ4n) is 7.04. The molecule has 0 radical (unpaired) electrons. The second kappa shape index (κ2) is 32.9. The molecule has 0 aromatic heterocycles. The maximum absolute atomic E-state index is 13.2. The van der Waals surface area contributed by atoms with Gasteiger partial charge in [0.15, 0.2) is 6.10 Å². The maximum atomic E-state index is 13.2. The summed E-state index contributed by atoms with van der Waals surface area (Å²) in [6.45, 7) is 1.21. The number of esters is 2. The molecule has 0 amide bonds. The summed E-state index contributed by atoms with van der Waals surface area (Å²) < 4.78 is 81.8. The molecule has 0 heterocycles. The van der Waals surface area contributed by atoms with Gasteiger partial charge in [0, 0.05) is 12.8 Å². The summed E-state index contributed by atoms with van der Waals surface area (Å²) in [6.07, 6.45) is 4.51. The molecule has 380 valence electrons. The van der Waals surface area contributed by atoms with Crippen LogP contribution in [0.25, 0.3) is 0 Å². The molecule has 0 bridgehead atoms. The first-order valence-electron chi connectivity index (χ1n) is 22.3. The van der Waals surface area contributed by atoms with E-state index in [2.05, 4.69) is 20.5 Å². The molecule has 23 nitrogen and oxygen atoms in total. The smallest absolute Gasteiger partial charge is 0.462 e. The Morgan fingerprint density at radius 3 is 1.23 bits per heavy atom. The van der Waals surface area contributed by atoms with Gasteiger partial charge < -0.3 is 59.7 Å². The summed E-state index contributed by atoms with van der Waals surface area (Å²) in [7, 11) is -23.0. The van der Waals surface area contributed by atoms with E-state index >= 15 is 0 Å². The zero-order chi connectivity index (χ0) is 48.2. The summed E-state index contributed by atoms with van der Waals surface area (Å²) in [5.74, 6) is -1.41. The van der Waals surface area contributed by atoms with Gasteiger partial charge in [0.25, 0.3) is 0 Å². The van der Waals surface area contributed by atoms with Crippen molar-refractivity contribution < 1.29 is 104 Å². The van der Waals surface area contributed by atoms with Crippen LogP contribution in [0.15, 0.2) is 0 Å². The van der Waals surface area contributed by atoms with Gasteiger partial charge in [-0.3, -0.25) is 32.2 Å². The number of rotatable bonds is 39. The van der Waals surface area contributed by atoms with Gasteiger partial charge in [-0.05, 0) is 25.8 Å².